The van der Waals surface area contributed by atoms with Gasteiger partial charge in [-0.25, -0.2) is 4.98 Å². The molecule has 0 radical (unpaired) electrons. The van der Waals surface area contributed by atoms with Gasteiger partial charge in [0.1, 0.15) is 12.4 Å². The summed E-state index contributed by atoms with van der Waals surface area (Å²) in [5.41, 5.74) is 1.50. The minimum absolute atomic E-state index is 0.161. The molecule has 2 aromatic rings. The van der Waals surface area contributed by atoms with Crippen LogP contribution in [0, 0.1) is 13.8 Å². The van der Waals surface area contributed by atoms with E-state index >= 15 is 0 Å². The zero-order valence-corrected chi connectivity index (χ0v) is 14.1. The second-order valence-electron chi connectivity index (χ2n) is 5.59. The van der Waals surface area contributed by atoms with Crippen LogP contribution in [0.25, 0.3) is 0 Å². The number of aromatic nitrogens is 1. The summed E-state index contributed by atoms with van der Waals surface area (Å²) in [7, 11) is 0. The second-order valence-corrected chi connectivity index (χ2v) is 6.79. The number of hydrogen-bond donors (Lipinski definition) is 1. The number of nitrogens with one attached hydrogen (secondary N) is 1. The van der Waals surface area contributed by atoms with E-state index in [4.69, 9.17) is 9.47 Å². The van der Waals surface area contributed by atoms with Crippen LogP contribution >= 0.6 is 11.3 Å². The molecule has 1 amide bonds. The smallest absolute Gasteiger partial charge is 0.257 e. The first-order valence-electron chi connectivity index (χ1n) is 7.71. The first-order valence-corrected chi connectivity index (χ1v) is 8.53. The lowest BCUT2D eigenvalue weighted by atomic mass is 10.2. The Hall–Kier alpha value is -1.92. The van der Waals surface area contributed by atoms with Crippen LogP contribution in [0.1, 0.15) is 33.8 Å². The Balaban J connectivity index is 1.62. The molecule has 1 aromatic heterocycles. The summed E-state index contributed by atoms with van der Waals surface area (Å²) in [5.74, 6) is 0.501. The molecule has 3 rings (SSSR count). The Morgan fingerprint density at radius 3 is 3.04 bits per heavy atom. The van der Waals surface area contributed by atoms with E-state index in [1.807, 2.05) is 26.0 Å². The van der Waals surface area contributed by atoms with Gasteiger partial charge in [-0.1, -0.05) is 6.07 Å². The lowest BCUT2D eigenvalue weighted by Crippen LogP contribution is -2.16. The maximum atomic E-state index is 12.3. The maximum Gasteiger partial charge on any atom is 0.257 e. The number of anilines is 1. The van der Waals surface area contributed by atoms with Crippen LogP contribution in [0.4, 0.5) is 5.13 Å². The molecule has 0 aliphatic carbocycles. The molecule has 5 nitrogen and oxygen atoms in total. The van der Waals surface area contributed by atoms with Crippen molar-refractivity contribution in [2.24, 2.45) is 0 Å². The normalized spacial score (nSPS) is 17.2. The van der Waals surface area contributed by atoms with Crippen molar-refractivity contribution in [1.82, 2.24) is 4.98 Å². The average Bonchev–Trinajstić information content (AvgIpc) is 3.16. The number of rotatable bonds is 5. The highest BCUT2D eigenvalue weighted by Crippen LogP contribution is 2.22. The summed E-state index contributed by atoms with van der Waals surface area (Å²) in [4.78, 5) is 17.8. The van der Waals surface area contributed by atoms with Crippen LogP contribution in [-0.2, 0) is 4.74 Å². The van der Waals surface area contributed by atoms with Gasteiger partial charge >= 0.3 is 0 Å². The fourth-order valence-electron chi connectivity index (χ4n) is 2.39. The molecule has 1 unspecified atom stereocenters. The number of amides is 1. The molecule has 1 fully saturated rings. The number of nitrogens with zero attached hydrogens (tertiary/aromatic N) is 1. The van der Waals surface area contributed by atoms with Gasteiger partial charge in [0.15, 0.2) is 5.13 Å². The highest BCUT2D eigenvalue weighted by atomic mass is 32.1. The predicted molar refractivity (Wildman–Crippen MR) is 90.5 cm³/mol. The third-order valence-corrected chi connectivity index (χ3v) is 4.79. The molecule has 0 bridgehead atoms. The molecular weight excluding hydrogens is 312 g/mol. The van der Waals surface area contributed by atoms with Gasteiger partial charge < -0.3 is 9.47 Å². The summed E-state index contributed by atoms with van der Waals surface area (Å²) in [6, 6.07) is 7.18. The van der Waals surface area contributed by atoms with Crippen molar-refractivity contribution in [3.8, 4) is 5.75 Å². The topological polar surface area (TPSA) is 60.5 Å². The average molecular weight is 332 g/mol. The van der Waals surface area contributed by atoms with Crippen molar-refractivity contribution in [3.05, 3.63) is 40.4 Å². The van der Waals surface area contributed by atoms with Crippen molar-refractivity contribution < 1.29 is 14.3 Å². The number of carbonyl (C=O) groups excluding carboxylic acids is 1. The molecule has 0 saturated carbocycles. The second kappa shape index (κ2) is 7.10. The van der Waals surface area contributed by atoms with E-state index in [9.17, 15) is 4.79 Å². The molecule has 2 heterocycles. The van der Waals surface area contributed by atoms with Crippen LogP contribution in [-0.4, -0.2) is 30.2 Å². The van der Waals surface area contributed by atoms with E-state index in [-0.39, 0.29) is 12.0 Å². The quantitative estimate of drug-likeness (QED) is 0.909. The summed E-state index contributed by atoms with van der Waals surface area (Å²) >= 11 is 1.48. The molecular formula is C17H20N2O3S. The van der Waals surface area contributed by atoms with Crippen LogP contribution in [0.3, 0.4) is 0 Å². The Labute approximate surface area is 139 Å². The number of benzene rings is 1. The van der Waals surface area contributed by atoms with Crippen molar-refractivity contribution in [1.29, 1.82) is 0 Å². The minimum atomic E-state index is -0.179. The van der Waals surface area contributed by atoms with E-state index in [2.05, 4.69) is 10.3 Å². The molecule has 23 heavy (non-hydrogen) atoms. The Morgan fingerprint density at radius 1 is 1.48 bits per heavy atom. The molecule has 0 spiro atoms. The fraction of sp³-hybridized carbons (Fsp3) is 0.412. The standard InChI is InChI=1S/C17H20N2O3S/c1-11-12(2)23-17(18-11)19-16(20)13-5-3-6-14(9-13)22-10-15-7-4-8-21-15/h3,5-6,9,15H,4,7-8,10H2,1-2H3,(H,18,19,20). The van der Waals surface area contributed by atoms with Crippen molar-refractivity contribution >= 4 is 22.4 Å². The van der Waals surface area contributed by atoms with E-state index in [1.54, 1.807) is 12.1 Å². The van der Waals surface area contributed by atoms with Crippen LogP contribution in [0.2, 0.25) is 0 Å². The van der Waals surface area contributed by atoms with Gasteiger partial charge in [-0.05, 0) is 44.9 Å². The molecule has 1 saturated heterocycles. The Bertz CT molecular complexity index is 673. The van der Waals surface area contributed by atoms with Gasteiger partial charge in [0, 0.05) is 17.0 Å². The third kappa shape index (κ3) is 4.09. The minimum Gasteiger partial charge on any atom is -0.491 e. The van der Waals surface area contributed by atoms with Crippen LogP contribution in [0.15, 0.2) is 24.3 Å². The van der Waals surface area contributed by atoms with Crippen LogP contribution < -0.4 is 10.1 Å². The SMILES string of the molecule is Cc1nc(NC(=O)c2cccc(OCC3CCCO3)c2)sc1C. The zero-order valence-electron chi connectivity index (χ0n) is 13.3. The summed E-state index contributed by atoms with van der Waals surface area (Å²) in [6.45, 7) is 5.25. The lowest BCUT2D eigenvalue weighted by Gasteiger charge is -2.12. The maximum absolute atomic E-state index is 12.3. The molecule has 1 aliphatic rings. The van der Waals surface area contributed by atoms with Crippen LogP contribution in [0.5, 0.6) is 5.75 Å². The first kappa shape index (κ1) is 16.0. The van der Waals surface area contributed by atoms with E-state index in [0.29, 0.717) is 23.1 Å². The van der Waals surface area contributed by atoms with Crippen molar-refractivity contribution in [3.63, 3.8) is 0 Å². The van der Waals surface area contributed by atoms with Gasteiger partial charge in [-0.3, -0.25) is 10.1 Å². The number of carbonyl (C=O) groups is 1. The molecule has 1 atom stereocenters. The van der Waals surface area contributed by atoms with E-state index < -0.39 is 0 Å². The highest BCUT2D eigenvalue weighted by molar-refractivity contribution is 7.15. The summed E-state index contributed by atoms with van der Waals surface area (Å²) < 4.78 is 11.3. The molecule has 1 N–H and O–H groups in total. The third-order valence-electron chi connectivity index (χ3n) is 3.81. The van der Waals surface area contributed by atoms with Gasteiger partial charge in [0.05, 0.1) is 11.8 Å². The molecule has 122 valence electrons. The largest absolute Gasteiger partial charge is 0.491 e. The van der Waals surface area contributed by atoms with Gasteiger partial charge in [0.25, 0.3) is 5.91 Å². The number of aryl methyl sites for hydroxylation is 2. The van der Waals surface area contributed by atoms with E-state index in [1.165, 1.54) is 11.3 Å². The Morgan fingerprint density at radius 2 is 2.35 bits per heavy atom. The van der Waals surface area contributed by atoms with Crippen molar-refractivity contribution in [2.75, 3.05) is 18.5 Å². The van der Waals surface area contributed by atoms with Crippen molar-refractivity contribution in [2.45, 2.75) is 32.8 Å². The van der Waals surface area contributed by atoms with E-state index in [0.717, 1.165) is 30.0 Å². The number of thiazole rings is 1. The first-order chi connectivity index (χ1) is 11.1. The Kier molecular flexibility index (Phi) is 4.93. The predicted octanol–water partition coefficient (Wildman–Crippen LogP) is 3.57. The fourth-order valence-corrected chi connectivity index (χ4v) is 3.20. The zero-order chi connectivity index (χ0) is 16.2. The van der Waals surface area contributed by atoms with Gasteiger partial charge in [-0.2, -0.15) is 0 Å². The number of ether oxygens (including phenoxy) is 2. The van der Waals surface area contributed by atoms with Gasteiger partial charge in [-0.15, -0.1) is 11.3 Å². The van der Waals surface area contributed by atoms with Gasteiger partial charge in [0.2, 0.25) is 0 Å². The summed E-state index contributed by atoms with van der Waals surface area (Å²) in [5, 5.41) is 3.45. The highest BCUT2D eigenvalue weighted by Gasteiger charge is 2.16. The summed E-state index contributed by atoms with van der Waals surface area (Å²) in [6.07, 6.45) is 2.28. The molecule has 1 aromatic carbocycles. The monoisotopic (exact) mass is 332 g/mol. The molecule has 6 heteroatoms. The molecule has 1 aliphatic heterocycles. The lowest BCUT2D eigenvalue weighted by molar-refractivity contribution is 0.0679. The number of hydrogen-bond acceptors (Lipinski definition) is 5.